The van der Waals surface area contributed by atoms with Crippen molar-refractivity contribution in [1.82, 2.24) is 14.9 Å². The van der Waals surface area contributed by atoms with Crippen LogP contribution in [0.1, 0.15) is 18.9 Å². The molecule has 170 valence electrons. The summed E-state index contributed by atoms with van der Waals surface area (Å²) in [5.41, 5.74) is 2.60. The summed E-state index contributed by atoms with van der Waals surface area (Å²) in [4.78, 5) is 34.6. The van der Waals surface area contributed by atoms with Crippen LogP contribution in [0.2, 0.25) is 0 Å². The molecule has 0 aliphatic carbocycles. The van der Waals surface area contributed by atoms with Crippen molar-refractivity contribution in [3.05, 3.63) is 54.0 Å². The number of aromatic amines is 1. The molecular formula is C24H23FN4O3S. The lowest BCUT2D eigenvalue weighted by Gasteiger charge is -2.16. The summed E-state index contributed by atoms with van der Waals surface area (Å²) in [6.07, 6.45) is 2.61. The third-order valence-corrected chi connectivity index (χ3v) is 6.80. The second-order valence-corrected chi connectivity index (χ2v) is 9.10. The number of hydrogen-bond acceptors (Lipinski definition) is 5. The van der Waals surface area contributed by atoms with Crippen LogP contribution in [0.25, 0.3) is 21.1 Å². The van der Waals surface area contributed by atoms with Gasteiger partial charge in [0.25, 0.3) is 0 Å². The van der Waals surface area contributed by atoms with Gasteiger partial charge in [-0.3, -0.25) is 9.59 Å². The second kappa shape index (κ2) is 8.82. The Balaban J connectivity index is 1.21. The molecule has 0 saturated carbocycles. The van der Waals surface area contributed by atoms with Gasteiger partial charge in [-0.2, -0.15) is 0 Å². The predicted molar refractivity (Wildman–Crippen MR) is 126 cm³/mol. The van der Waals surface area contributed by atoms with Crippen LogP contribution in [0.5, 0.6) is 5.75 Å². The van der Waals surface area contributed by atoms with Gasteiger partial charge < -0.3 is 19.9 Å². The van der Waals surface area contributed by atoms with Crippen LogP contribution < -0.4 is 10.1 Å². The third kappa shape index (κ3) is 4.41. The van der Waals surface area contributed by atoms with Crippen LogP contribution in [0.3, 0.4) is 0 Å². The number of nitrogens with zero attached hydrogens (tertiary/aromatic N) is 2. The SMILES string of the molecule is CCOc1ccc2nc(NC(=O)[C@H]3CC(=O)N(CCc4c[nH]c5ccc(F)cc45)C3)sc2c1. The van der Waals surface area contributed by atoms with E-state index in [0.717, 1.165) is 32.4 Å². The molecule has 0 unspecified atom stereocenters. The molecule has 33 heavy (non-hydrogen) atoms. The van der Waals surface area contributed by atoms with Gasteiger partial charge in [0.2, 0.25) is 11.8 Å². The molecule has 2 aromatic heterocycles. The van der Waals surface area contributed by atoms with Gasteiger partial charge in [-0.25, -0.2) is 9.37 Å². The Bertz CT molecular complexity index is 1350. The maximum absolute atomic E-state index is 13.6. The first kappa shape index (κ1) is 21.4. The molecule has 1 atom stereocenters. The fraction of sp³-hybridized carbons (Fsp3) is 0.292. The van der Waals surface area contributed by atoms with Crippen LogP contribution in [-0.2, 0) is 16.0 Å². The monoisotopic (exact) mass is 466 g/mol. The lowest BCUT2D eigenvalue weighted by atomic mass is 10.1. The van der Waals surface area contributed by atoms with Crippen LogP contribution in [0.15, 0.2) is 42.6 Å². The van der Waals surface area contributed by atoms with E-state index in [4.69, 9.17) is 4.74 Å². The predicted octanol–water partition coefficient (Wildman–Crippen LogP) is 4.35. The molecule has 4 aromatic rings. The lowest BCUT2D eigenvalue weighted by Crippen LogP contribution is -2.29. The number of carbonyl (C=O) groups is 2. The largest absolute Gasteiger partial charge is 0.494 e. The topological polar surface area (TPSA) is 87.3 Å². The number of likely N-dealkylation sites (tertiary alicyclic amines) is 1. The molecule has 9 heteroatoms. The summed E-state index contributed by atoms with van der Waals surface area (Å²) < 4.78 is 20.0. The molecular weight excluding hydrogens is 443 g/mol. The summed E-state index contributed by atoms with van der Waals surface area (Å²) in [5, 5.41) is 4.20. The van der Waals surface area contributed by atoms with E-state index < -0.39 is 5.92 Å². The Hall–Kier alpha value is -3.46. The minimum atomic E-state index is -0.427. The highest BCUT2D eigenvalue weighted by Crippen LogP contribution is 2.30. The van der Waals surface area contributed by atoms with Gasteiger partial charge in [0.05, 0.1) is 22.7 Å². The van der Waals surface area contributed by atoms with Gasteiger partial charge in [-0.15, -0.1) is 0 Å². The number of amides is 2. The average Bonchev–Trinajstić information content (AvgIpc) is 3.48. The average molecular weight is 467 g/mol. The van der Waals surface area contributed by atoms with E-state index in [1.54, 1.807) is 11.0 Å². The number of hydrogen-bond donors (Lipinski definition) is 2. The third-order valence-electron chi connectivity index (χ3n) is 5.87. The zero-order valence-corrected chi connectivity index (χ0v) is 18.9. The van der Waals surface area contributed by atoms with Crippen molar-refractivity contribution in [2.24, 2.45) is 5.92 Å². The number of anilines is 1. The van der Waals surface area contributed by atoms with Gasteiger partial charge in [-0.05, 0) is 55.3 Å². The molecule has 0 spiro atoms. The Kier molecular flexibility index (Phi) is 5.72. The molecule has 3 heterocycles. The van der Waals surface area contributed by atoms with E-state index in [1.807, 2.05) is 31.3 Å². The van der Waals surface area contributed by atoms with E-state index >= 15 is 0 Å². The van der Waals surface area contributed by atoms with E-state index in [-0.39, 0.29) is 24.1 Å². The maximum Gasteiger partial charge on any atom is 0.231 e. The summed E-state index contributed by atoms with van der Waals surface area (Å²) in [5.74, 6) is -0.206. The molecule has 2 N–H and O–H groups in total. The Morgan fingerprint density at radius 2 is 2.21 bits per heavy atom. The van der Waals surface area contributed by atoms with Gasteiger partial charge in [0.15, 0.2) is 5.13 Å². The molecule has 0 radical (unpaired) electrons. The number of H-pyrrole nitrogens is 1. The highest BCUT2D eigenvalue weighted by Gasteiger charge is 2.34. The molecule has 5 rings (SSSR count). The summed E-state index contributed by atoms with van der Waals surface area (Å²) in [6, 6.07) is 10.2. The van der Waals surface area contributed by atoms with Crippen molar-refractivity contribution in [1.29, 1.82) is 0 Å². The fourth-order valence-corrected chi connectivity index (χ4v) is 5.10. The lowest BCUT2D eigenvalue weighted by molar-refractivity contribution is -0.128. The van der Waals surface area contributed by atoms with Crippen molar-refractivity contribution >= 4 is 49.4 Å². The number of fused-ring (bicyclic) bond motifs is 2. The number of benzene rings is 2. The fourth-order valence-electron chi connectivity index (χ4n) is 4.20. The highest BCUT2D eigenvalue weighted by atomic mass is 32.1. The Morgan fingerprint density at radius 1 is 1.33 bits per heavy atom. The molecule has 2 amide bonds. The minimum Gasteiger partial charge on any atom is -0.494 e. The van der Waals surface area contributed by atoms with Crippen LogP contribution in [0, 0.1) is 11.7 Å². The number of halogens is 1. The first-order valence-electron chi connectivity index (χ1n) is 10.9. The van der Waals surface area contributed by atoms with Crippen LogP contribution >= 0.6 is 11.3 Å². The van der Waals surface area contributed by atoms with Gasteiger partial charge in [-0.1, -0.05) is 11.3 Å². The van der Waals surface area contributed by atoms with Gasteiger partial charge >= 0.3 is 0 Å². The van der Waals surface area contributed by atoms with Crippen molar-refractivity contribution in [2.45, 2.75) is 19.8 Å². The number of rotatable bonds is 7. The molecule has 1 aliphatic heterocycles. The number of thiazole rings is 1. The number of aromatic nitrogens is 2. The Labute approximate surface area is 193 Å². The Morgan fingerprint density at radius 3 is 3.06 bits per heavy atom. The minimum absolute atomic E-state index is 0.0492. The molecule has 1 aliphatic rings. The number of nitrogens with one attached hydrogen (secondary N) is 2. The number of carbonyl (C=O) groups excluding carboxylic acids is 2. The zero-order chi connectivity index (χ0) is 22.9. The van der Waals surface area contributed by atoms with Crippen molar-refractivity contribution in [3.8, 4) is 5.75 Å². The summed E-state index contributed by atoms with van der Waals surface area (Å²) in [6.45, 7) is 3.35. The van der Waals surface area contributed by atoms with E-state index in [2.05, 4.69) is 15.3 Å². The molecule has 1 saturated heterocycles. The molecule has 1 fully saturated rings. The zero-order valence-electron chi connectivity index (χ0n) is 18.1. The first-order chi connectivity index (χ1) is 16.0. The maximum atomic E-state index is 13.6. The normalized spacial score (nSPS) is 16.1. The summed E-state index contributed by atoms with van der Waals surface area (Å²) in [7, 11) is 0. The van der Waals surface area contributed by atoms with Crippen molar-refractivity contribution < 1.29 is 18.7 Å². The summed E-state index contributed by atoms with van der Waals surface area (Å²) >= 11 is 1.38. The molecule has 7 nitrogen and oxygen atoms in total. The van der Waals surface area contributed by atoms with E-state index in [1.165, 1.54) is 23.5 Å². The quantitative estimate of drug-likeness (QED) is 0.424. The number of ether oxygens (including phenoxy) is 1. The van der Waals surface area contributed by atoms with Crippen molar-refractivity contribution in [2.75, 3.05) is 25.0 Å². The van der Waals surface area contributed by atoms with Gasteiger partial charge in [0.1, 0.15) is 11.6 Å². The van der Waals surface area contributed by atoms with E-state index in [9.17, 15) is 14.0 Å². The molecule has 0 bridgehead atoms. The smallest absolute Gasteiger partial charge is 0.231 e. The van der Waals surface area contributed by atoms with Crippen LogP contribution in [-0.4, -0.2) is 46.4 Å². The van der Waals surface area contributed by atoms with E-state index in [0.29, 0.717) is 31.2 Å². The standard InChI is InChI=1S/C24H23FN4O3S/c1-2-32-17-4-6-20-21(11-17)33-24(27-20)28-23(31)15-9-22(30)29(13-15)8-7-14-12-26-19-5-3-16(25)10-18(14)19/h3-6,10-12,15,26H,2,7-9,13H2,1H3,(H,27,28,31)/t15-/m0/s1. The van der Waals surface area contributed by atoms with Gasteiger partial charge in [0, 0.05) is 36.6 Å². The molecule has 2 aromatic carbocycles. The highest BCUT2D eigenvalue weighted by molar-refractivity contribution is 7.22. The second-order valence-electron chi connectivity index (χ2n) is 8.07. The van der Waals surface area contributed by atoms with Crippen molar-refractivity contribution in [3.63, 3.8) is 0 Å². The first-order valence-corrected chi connectivity index (χ1v) is 11.7. The van der Waals surface area contributed by atoms with Crippen LogP contribution in [0.4, 0.5) is 9.52 Å².